The van der Waals surface area contributed by atoms with E-state index >= 15 is 0 Å². The van der Waals surface area contributed by atoms with E-state index in [1.165, 1.54) is 0 Å². The molecular weight excluding hydrogens is 292 g/mol. The lowest BCUT2D eigenvalue weighted by molar-refractivity contribution is -0.145. The number of fused-ring (bicyclic) bond motifs is 1. The summed E-state index contributed by atoms with van der Waals surface area (Å²) in [6.07, 6.45) is 3.53. The van der Waals surface area contributed by atoms with Gasteiger partial charge < -0.3 is 16.2 Å². The summed E-state index contributed by atoms with van der Waals surface area (Å²) in [4.78, 5) is 24.3. The normalized spacial score (nSPS) is 16.9. The minimum atomic E-state index is -1.17. The Morgan fingerprint density at radius 1 is 1.04 bits per heavy atom. The Labute approximate surface area is 134 Å². The fourth-order valence-corrected chi connectivity index (χ4v) is 3.29. The Hall–Kier alpha value is -2.56. The lowest BCUT2D eigenvalue weighted by Gasteiger charge is -2.34. The quantitative estimate of drug-likeness (QED) is 0.760. The minimum absolute atomic E-state index is 0.329. The molecule has 0 radical (unpaired) electrons. The van der Waals surface area contributed by atoms with Crippen LogP contribution in [0.3, 0.4) is 0 Å². The van der Waals surface area contributed by atoms with Gasteiger partial charge in [-0.3, -0.25) is 4.79 Å². The highest BCUT2D eigenvalue weighted by atomic mass is 16.4. The lowest BCUT2D eigenvalue weighted by atomic mass is 9.81. The van der Waals surface area contributed by atoms with Gasteiger partial charge in [0, 0.05) is 5.69 Å². The van der Waals surface area contributed by atoms with Crippen molar-refractivity contribution in [2.45, 2.75) is 37.6 Å². The van der Waals surface area contributed by atoms with Crippen molar-refractivity contribution in [2.75, 3.05) is 5.73 Å². The molecule has 120 valence electrons. The van der Waals surface area contributed by atoms with Gasteiger partial charge in [-0.05, 0) is 35.7 Å². The van der Waals surface area contributed by atoms with E-state index in [0.29, 0.717) is 24.1 Å². The Balaban J connectivity index is 1.93. The number of benzene rings is 2. The van der Waals surface area contributed by atoms with Gasteiger partial charge in [0.15, 0.2) is 0 Å². The molecule has 2 aromatic rings. The van der Waals surface area contributed by atoms with Crippen LogP contribution in [0.5, 0.6) is 0 Å². The summed E-state index contributed by atoms with van der Waals surface area (Å²) in [5.74, 6) is -1.39. The van der Waals surface area contributed by atoms with Crippen molar-refractivity contribution in [1.29, 1.82) is 0 Å². The monoisotopic (exact) mass is 312 g/mol. The number of nitrogens with one attached hydrogen (secondary N) is 1. The van der Waals surface area contributed by atoms with E-state index in [-0.39, 0.29) is 0 Å². The summed E-state index contributed by atoms with van der Waals surface area (Å²) in [5.41, 5.74) is 5.52. The van der Waals surface area contributed by atoms with Gasteiger partial charge in [-0.15, -0.1) is 0 Å². The van der Waals surface area contributed by atoms with Crippen LogP contribution in [0.2, 0.25) is 0 Å². The van der Waals surface area contributed by atoms with Crippen molar-refractivity contribution in [3.05, 3.63) is 42.0 Å². The summed E-state index contributed by atoms with van der Waals surface area (Å²) in [5, 5.41) is 14.2. The zero-order valence-corrected chi connectivity index (χ0v) is 12.8. The molecule has 1 aliphatic carbocycles. The molecule has 1 fully saturated rings. The first kappa shape index (κ1) is 15.3. The molecule has 0 heterocycles. The van der Waals surface area contributed by atoms with Gasteiger partial charge >= 0.3 is 5.97 Å². The predicted molar refractivity (Wildman–Crippen MR) is 89.3 cm³/mol. The summed E-state index contributed by atoms with van der Waals surface area (Å²) in [7, 11) is 0. The van der Waals surface area contributed by atoms with E-state index in [0.717, 1.165) is 30.0 Å². The van der Waals surface area contributed by atoms with E-state index in [1.807, 2.05) is 24.3 Å². The molecule has 1 saturated carbocycles. The highest BCUT2D eigenvalue weighted by Crippen LogP contribution is 2.30. The third-order valence-electron chi connectivity index (χ3n) is 4.63. The summed E-state index contributed by atoms with van der Waals surface area (Å²) < 4.78 is 0. The molecule has 4 N–H and O–H groups in total. The zero-order valence-electron chi connectivity index (χ0n) is 12.8. The zero-order chi connectivity index (χ0) is 16.4. The van der Waals surface area contributed by atoms with Crippen LogP contribution in [0.1, 0.15) is 42.5 Å². The molecule has 0 atom stereocenters. The van der Waals surface area contributed by atoms with Crippen LogP contribution in [0.15, 0.2) is 36.4 Å². The molecule has 23 heavy (non-hydrogen) atoms. The minimum Gasteiger partial charge on any atom is -0.480 e. The number of carbonyl (C=O) groups is 2. The number of aliphatic carboxylic acids is 1. The molecule has 0 unspecified atom stereocenters. The van der Waals surface area contributed by atoms with Crippen molar-refractivity contribution in [2.24, 2.45) is 0 Å². The van der Waals surface area contributed by atoms with E-state index in [1.54, 1.807) is 12.1 Å². The van der Waals surface area contributed by atoms with Crippen LogP contribution in [-0.4, -0.2) is 22.5 Å². The molecule has 0 aromatic heterocycles. The number of carbonyl (C=O) groups excluding carboxylic acids is 1. The molecule has 0 aliphatic heterocycles. The third kappa shape index (κ3) is 2.86. The maximum absolute atomic E-state index is 12.6. The van der Waals surface area contributed by atoms with Gasteiger partial charge in [-0.1, -0.05) is 43.5 Å². The average molecular weight is 312 g/mol. The number of nitrogens with two attached hydrogens (primary N) is 1. The number of hydrogen-bond donors (Lipinski definition) is 3. The Morgan fingerprint density at radius 2 is 1.65 bits per heavy atom. The van der Waals surface area contributed by atoms with Gasteiger partial charge in [0.1, 0.15) is 5.54 Å². The fourth-order valence-electron chi connectivity index (χ4n) is 3.29. The molecule has 5 nitrogen and oxygen atoms in total. The molecule has 2 aromatic carbocycles. The van der Waals surface area contributed by atoms with Gasteiger partial charge in [-0.2, -0.15) is 0 Å². The summed E-state index contributed by atoms with van der Waals surface area (Å²) in [6, 6.07) is 11.1. The van der Waals surface area contributed by atoms with Crippen molar-refractivity contribution < 1.29 is 14.7 Å². The molecule has 0 bridgehead atoms. The van der Waals surface area contributed by atoms with Crippen LogP contribution >= 0.6 is 0 Å². The predicted octanol–water partition coefficient (Wildman–Crippen LogP) is 2.94. The topological polar surface area (TPSA) is 92.4 Å². The number of carboxylic acids is 1. The molecule has 3 rings (SSSR count). The Morgan fingerprint density at radius 3 is 2.26 bits per heavy atom. The van der Waals surface area contributed by atoms with Gasteiger partial charge in [0.2, 0.25) is 0 Å². The van der Waals surface area contributed by atoms with Crippen LogP contribution in [0.25, 0.3) is 10.8 Å². The molecule has 5 heteroatoms. The maximum Gasteiger partial charge on any atom is 0.329 e. The molecule has 0 spiro atoms. The van der Waals surface area contributed by atoms with Crippen molar-refractivity contribution in [1.82, 2.24) is 5.32 Å². The van der Waals surface area contributed by atoms with Crippen LogP contribution in [0, 0.1) is 0 Å². The largest absolute Gasteiger partial charge is 0.480 e. The SMILES string of the molecule is Nc1cc2ccccc2cc1C(=O)NC1(C(=O)O)CCCCC1. The van der Waals surface area contributed by atoms with Crippen LogP contribution in [-0.2, 0) is 4.79 Å². The van der Waals surface area contributed by atoms with Crippen molar-refractivity contribution in [3.8, 4) is 0 Å². The van der Waals surface area contributed by atoms with Gasteiger partial charge in [0.05, 0.1) is 5.56 Å². The van der Waals surface area contributed by atoms with Crippen LogP contribution < -0.4 is 11.1 Å². The molecule has 0 saturated heterocycles. The molecule has 1 amide bonds. The van der Waals surface area contributed by atoms with E-state index in [2.05, 4.69) is 5.32 Å². The number of rotatable bonds is 3. The standard InChI is InChI=1S/C18H20N2O3/c19-15-11-13-7-3-2-6-12(13)10-14(15)16(21)20-18(17(22)23)8-4-1-5-9-18/h2-3,6-7,10-11H,1,4-5,8-9,19H2,(H,20,21)(H,22,23). The highest BCUT2D eigenvalue weighted by molar-refractivity contribution is 6.05. The first-order valence-corrected chi connectivity index (χ1v) is 7.86. The lowest BCUT2D eigenvalue weighted by Crippen LogP contribution is -2.55. The maximum atomic E-state index is 12.6. The number of amides is 1. The third-order valence-corrected chi connectivity index (χ3v) is 4.63. The van der Waals surface area contributed by atoms with Gasteiger partial charge in [-0.25, -0.2) is 4.79 Å². The Bertz CT molecular complexity index is 764. The average Bonchev–Trinajstić information content (AvgIpc) is 2.54. The Kier molecular flexibility index (Phi) is 3.94. The van der Waals surface area contributed by atoms with E-state index < -0.39 is 17.4 Å². The number of nitrogen functional groups attached to an aromatic ring is 1. The second-order valence-electron chi connectivity index (χ2n) is 6.19. The second kappa shape index (κ2) is 5.91. The van der Waals surface area contributed by atoms with E-state index in [9.17, 15) is 14.7 Å². The van der Waals surface area contributed by atoms with Crippen molar-refractivity contribution >= 4 is 28.3 Å². The second-order valence-corrected chi connectivity index (χ2v) is 6.19. The molecule has 1 aliphatic rings. The molecular formula is C18H20N2O3. The number of hydrogen-bond acceptors (Lipinski definition) is 3. The fraction of sp³-hybridized carbons (Fsp3) is 0.333. The summed E-state index contributed by atoms with van der Waals surface area (Å²) >= 11 is 0. The van der Waals surface area contributed by atoms with Crippen LogP contribution in [0.4, 0.5) is 5.69 Å². The first-order valence-electron chi connectivity index (χ1n) is 7.86. The number of anilines is 1. The highest BCUT2D eigenvalue weighted by Gasteiger charge is 2.41. The van der Waals surface area contributed by atoms with E-state index in [4.69, 9.17) is 5.73 Å². The smallest absolute Gasteiger partial charge is 0.329 e. The summed E-state index contributed by atoms with van der Waals surface area (Å²) in [6.45, 7) is 0. The number of carboxylic acid groups (broad SMARTS) is 1. The van der Waals surface area contributed by atoms with Gasteiger partial charge in [0.25, 0.3) is 5.91 Å². The van der Waals surface area contributed by atoms with Crippen molar-refractivity contribution in [3.63, 3.8) is 0 Å². The first-order chi connectivity index (χ1) is 11.0.